The quantitative estimate of drug-likeness (QED) is 0.383. The number of anilines is 4. The summed E-state index contributed by atoms with van der Waals surface area (Å²) in [6.45, 7) is 1.62. The highest BCUT2D eigenvalue weighted by Gasteiger charge is 2.30. The summed E-state index contributed by atoms with van der Waals surface area (Å²) in [5.74, 6) is -0.468. The van der Waals surface area contributed by atoms with Crippen LogP contribution >= 0.6 is 0 Å². The molecule has 8 nitrogen and oxygen atoms in total. The first kappa shape index (κ1) is 22.1. The molecule has 4 rings (SSSR count). The van der Waals surface area contributed by atoms with E-state index in [4.69, 9.17) is 5.73 Å². The second-order valence-electron chi connectivity index (χ2n) is 7.44. The van der Waals surface area contributed by atoms with Gasteiger partial charge in [-0.05, 0) is 43.3 Å². The molecule has 0 atom stereocenters. The van der Waals surface area contributed by atoms with Crippen molar-refractivity contribution in [2.75, 3.05) is 16.4 Å². The number of nitrogens with zero attached hydrogens (tertiary/aromatic N) is 2. The normalized spacial score (nSPS) is 11.2. The summed E-state index contributed by atoms with van der Waals surface area (Å²) in [6, 6.07) is 24.4. The molecule has 0 radical (unpaired) electrons. The summed E-state index contributed by atoms with van der Waals surface area (Å²) in [5.41, 5.74) is 8.43. The maximum absolute atomic E-state index is 13.5. The van der Waals surface area contributed by atoms with Crippen molar-refractivity contribution in [1.29, 1.82) is 0 Å². The van der Waals surface area contributed by atoms with E-state index in [0.29, 0.717) is 11.4 Å². The first-order chi connectivity index (χ1) is 15.8. The van der Waals surface area contributed by atoms with E-state index in [1.807, 2.05) is 31.2 Å². The number of benzene rings is 3. The molecule has 4 aromatic rings. The van der Waals surface area contributed by atoms with Crippen molar-refractivity contribution in [3.8, 4) is 0 Å². The van der Waals surface area contributed by atoms with Crippen LogP contribution in [0.1, 0.15) is 5.56 Å². The van der Waals surface area contributed by atoms with Crippen LogP contribution in [-0.4, -0.2) is 24.1 Å². The molecule has 33 heavy (non-hydrogen) atoms. The van der Waals surface area contributed by atoms with Gasteiger partial charge in [-0.3, -0.25) is 4.79 Å². The third-order valence-corrected chi connectivity index (χ3v) is 6.77. The highest BCUT2D eigenvalue weighted by Crippen LogP contribution is 2.34. The molecule has 0 saturated heterocycles. The molecule has 1 aromatic heterocycles. The Bertz CT molecular complexity index is 1370. The topological polar surface area (TPSA) is 119 Å². The maximum Gasteiger partial charge on any atom is 0.246 e. The Morgan fingerprint density at radius 1 is 0.909 bits per heavy atom. The fraction of sp³-hybridized carbons (Fsp3) is 0.0833. The van der Waals surface area contributed by atoms with Crippen molar-refractivity contribution in [2.45, 2.75) is 23.3 Å². The lowest BCUT2D eigenvalue weighted by atomic mass is 10.2. The lowest BCUT2D eigenvalue weighted by Gasteiger charge is -2.09. The standard InChI is InChI=1S/C24H23N5O3S/c1-17-12-14-20(15-13-17)33(31,32)22-23(25)29(16-21(30)26-18-8-4-2-5-9-18)28-24(22)27-19-10-6-3-7-11-19/h2-15H,16,25H2,1H3,(H,26,30)(H,27,28). The Hall–Kier alpha value is -4.11. The zero-order valence-electron chi connectivity index (χ0n) is 17.9. The van der Waals surface area contributed by atoms with Crippen molar-refractivity contribution in [3.63, 3.8) is 0 Å². The zero-order valence-corrected chi connectivity index (χ0v) is 18.7. The molecule has 0 bridgehead atoms. The number of carbonyl (C=O) groups is 1. The number of nitrogens with one attached hydrogen (secondary N) is 2. The molecule has 4 N–H and O–H groups in total. The van der Waals surface area contributed by atoms with Crippen molar-refractivity contribution in [1.82, 2.24) is 9.78 Å². The van der Waals surface area contributed by atoms with Gasteiger partial charge in [0.25, 0.3) is 0 Å². The molecule has 0 saturated carbocycles. The molecule has 9 heteroatoms. The number of aryl methyl sites for hydroxylation is 1. The Labute approximate surface area is 192 Å². The van der Waals surface area contributed by atoms with Gasteiger partial charge in [0.2, 0.25) is 15.7 Å². The largest absolute Gasteiger partial charge is 0.383 e. The summed E-state index contributed by atoms with van der Waals surface area (Å²) < 4.78 is 28.2. The summed E-state index contributed by atoms with van der Waals surface area (Å²) >= 11 is 0. The third kappa shape index (κ3) is 4.88. The van der Waals surface area contributed by atoms with E-state index >= 15 is 0 Å². The van der Waals surface area contributed by atoms with Crippen LogP contribution in [0.4, 0.5) is 23.0 Å². The molecule has 0 aliphatic heterocycles. The number of hydrogen-bond acceptors (Lipinski definition) is 6. The molecular weight excluding hydrogens is 438 g/mol. The minimum atomic E-state index is -4.01. The van der Waals surface area contributed by atoms with Crippen LogP contribution in [0.15, 0.2) is 94.7 Å². The van der Waals surface area contributed by atoms with E-state index in [2.05, 4.69) is 15.7 Å². The number of sulfone groups is 1. The van der Waals surface area contributed by atoms with Crippen LogP contribution in [0, 0.1) is 6.92 Å². The molecule has 0 unspecified atom stereocenters. The van der Waals surface area contributed by atoms with Crippen LogP contribution in [0.3, 0.4) is 0 Å². The van der Waals surface area contributed by atoms with Crippen molar-refractivity contribution >= 4 is 38.8 Å². The van der Waals surface area contributed by atoms with Gasteiger partial charge < -0.3 is 16.4 Å². The van der Waals surface area contributed by atoms with Crippen LogP contribution in [0.25, 0.3) is 0 Å². The monoisotopic (exact) mass is 461 g/mol. The number of para-hydroxylation sites is 2. The lowest BCUT2D eigenvalue weighted by molar-refractivity contribution is -0.116. The molecule has 0 spiro atoms. The van der Waals surface area contributed by atoms with Crippen LogP contribution < -0.4 is 16.4 Å². The van der Waals surface area contributed by atoms with Gasteiger partial charge in [-0.15, -0.1) is 0 Å². The fourth-order valence-electron chi connectivity index (χ4n) is 3.28. The van der Waals surface area contributed by atoms with Gasteiger partial charge in [0.05, 0.1) is 4.90 Å². The van der Waals surface area contributed by atoms with Gasteiger partial charge >= 0.3 is 0 Å². The number of amides is 1. The molecule has 0 aliphatic carbocycles. The molecule has 3 aromatic carbocycles. The Morgan fingerprint density at radius 3 is 2.09 bits per heavy atom. The highest BCUT2D eigenvalue weighted by molar-refractivity contribution is 7.91. The minimum absolute atomic E-state index is 0.0480. The molecule has 0 aliphatic rings. The van der Waals surface area contributed by atoms with E-state index < -0.39 is 9.84 Å². The number of carbonyl (C=O) groups excluding carboxylic acids is 1. The van der Waals surface area contributed by atoms with E-state index in [1.165, 1.54) is 16.8 Å². The van der Waals surface area contributed by atoms with Gasteiger partial charge in [-0.2, -0.15) is 5.10 Å². The zero-order chi connectivity index (χ0) is 23.4. The van der Waals surface area contributed by atoms with Crippen molar-refractivity contribution in [2.24, 2.45) is 0 Å². The third-order valence-electron chi connectivity index (χ3n) is 4.93. The average Bonchev–Trinajstić information content (AvgIpc) is 3.10. The Kier molecular flexibility index (Phi) is 6.14. The molecular formula is C24H23N5O3S. The molecule has 1 amide bonds. The second-order valence-corrected chi connectivity index (χ2v) is 9.33. The van der Waals surface area contributed by atoms with Crippen LogP contribution in [0.5, 0.6) is 0 Å². The average molecular weight is 462 g/mol. The number of hydrogen-bond donors (Lipinski definition) is 3. The second kappa shape index (κ2) is 9.17. The number of nitrogen functional groups attached to an aromatic ring is 1. The predicted molar refractivity (Wildman–Crippen MR) is 128 cm³/mol. The number of rotatable bonds is 7. The van der Waals surface area contributed by atoms with Crippen molar-refractivity contribution in [3.05, 3.63) is 90.5 Å². The summed E-state index contributed by atoms with van der Waals surface area (Å²) in [7, 11) is -4.01. The first-order valence-electron chi connectivity index (χ1n) is 10.2. The number of nitrogens with two attached hydrogens (primary N) is 1. The van der Waals surface area contributed by atoms with Gasteiger partial charge in [0.1, 0.15) is 12.4 Å². The first-order valence-corrected chi connectivity index (χ1v) is 11.7. The van der Waals surface area contributed by atoms with E-state index in [1.54, 1.807) is 48.5 Å². The van der Waals surface area contributed by atoms with Gasteiger partial charge in [0, 0.05) is 11.4 Å². The van der Waals surface area contributed by atoms with E-state index in [0.717, 1.165) is 5.56 Å². The molecule has 1 heterocycles. The Morgan fingerprint density at radius 2 is 1.48 bits per heavy atom. The van der Waals surface area contributed by atoms with Gasteiger partial charge in [-0.25, -0.2) is 13.1 Å². The smallest absolute Gasteiger partial charge is 0.246 e. The summed E-state index contributed by atoms with van der Waals surface area (Å²) in [6.07, 6.45) is 0. The molecule has 0 fully saturated rings. The van der Waals surface area contributed by atoms with Crippen LogP contribution in [-0.2, 0) is 21.2 Å². The lowest BCUT2D eigenvalue weighted by Crippen LogP contribution is -2.21. The molecule has 168 valence electrons. The Balaban J connectivity index is 1.73. The highest BCUT2D eigenvalue weighted by atomic mass is 32.2. The van der Waals surface area contributed by atoms with Crippen LogP contribution in [0.2, 0.25) is 0 Å². The predicted octanol–water partition coefficient (Wildman–Crippen LogP) is 3.99. The van der Waals surface area contributed by atoms with Gasteiger partial charge in [0.15, 0.2) is 10.7 Å². The summed E-state index contributed by atoms with van der Waals surface area (Å²) in [4.78, 5) is 12.5. The maximum atomic E-state index is 13.5. The number of aromatic nitrogens is 2. The fourth-order valence-corrected chi connectivity index (χ4v) is 4.73. The van der Waals surface area contributed by atoms with Gasteiger partial charge in [-0.1, -0.05) is 54.1 Å². The SMILES string of the molecule is Cc1ccc(S(=O)(=O)c2c(Nc3ccccc3)nn(CC(=O)Nc3ccccc3)c2N)cc1. The minimum Gasteiger partial charge on any atom is -0.383 e. The van der Waals surface area contributed by atoms with Crippen molar-refractivity contribution < 1.29 is 13.2 Å². The van der Waals surface area contributed by atoms with E-state index in [9.17, 15) is 13.2 Å². The van der Waals surface area contributed by atoms with E-state index in [-0.39, 0.29) is 33.9 Å². The summed E-state index contributed by atoms with van der Waals surface area (Å²) in [5, 5.41) is 10.1.